The molecule has 0 aromatic heterocycles. The van der Waals surface area contributed by atoms with Crippen LogP contribution in [0, 0.1) is 23.7 Å². The van der Waals surface area contributed by atoms with Gasteiger partial charge in [0.1, 0.15) is 0 Å². The molecule has 1 saturated heterocycles. The van der Waals surface area contributed by atoms with E-state index in [1.807, 2.05) is 5.01 Å². The molecule has 4 bridgehead atoms. The Kier molecular flexibility index (Phi) is 2.25. The van der Waals surface area contributed by atoms with Crippen LogP contribution in [0.25, 0.3) is 0 Å². The second-order valence-electron chi connectivity index (χ2n) is 7.89. The Bertz CT molecular complexity index is 463. The van der Waals surface area contributed by atoms with Crippen LogP contribution in [0.5, 0.6) is 0 Å². The molecule has 5 fully saturated rings. The zero-order valence-corrected chi connectivity index (χ0v) is 12.0. The number of hydrogen-bond donors (Lipinski definition) is 1. The maximum Gasteiger partial charge on any atom is 0.253 e. The fourth-order valence-corrected chi connectivity index (χ4v) is 6.09. The molecule has 1 N–H and O–H groups in total. The average Bonchev–Trinajstić information content (AvgIpc) is 2.76. The predicted octanol–water partition coefficient (Wildman–Crippen LogP) is 1.76. The highest BCUT2D eigenvalue weighted by Crippen LogP contribution is 2.58. The minimum absolute atomic E-state index is 0.0526. The molecule has 0 aromatic rings. The van der Waals surface area contributed by atoms with E-state index < -0.39 is 0 Å². The van der Waals surface area contributed by atoms with E-state index in [9.17, 15) is 4.79 Å². The third kappa shape index (κ3) is 1.46. The van der Waals surface area contributed by atoms with Crippen LogP contribution in [-0.2, 0) is 4.79 Å². The Hall–Kier alpha value is -0.900. The monoisotopic (exact) mass is 273 g/mol. The van der Waals surface area contributed by atoms with Crippen molar-refractivity contribution in [3.05, 3.63) is 0 Å². The smallest absolute Gasteiger partial charge is 0.253 e. The van der Waals surface area contributed by atoms with Crippen molar-refractivity contribution in [2.24, 2.45) is 28.8 Å². The first-order chi connectivity index (χ1) is 9.73. The van der Waals surface area contributed by atoms with Crippen molar-refractivity contribution in [3.8, 4) is 0 Å². The lowest BCUT2D eigenvalue weighted by Gasteiger charge is -2.58. The number of amides is 1. The van der Waals surface area contributed by atoms with Gasteiger partial charge in [0.15, 0.2) is 0 Å². The molecular weight excluding hydrogens is 250 g/mol. The van der Waals surface area contributed by atoms with E-state index in [1.54, 1.807) is 0 Å². The zero-order chi connectivity index (χ0) is 13.3. The average molecular weight is 273 g/mol. The van der Waals surface area contributed by atoms with Gasteiger partial charge in [-0.05, 0) is 56.3 Å². The minimum atomic E-state index is 0.0526. The SMILES string of the molecule is O=C1C2CNCCC2=NN1C12CC3CC(CC(C3)C1)C2. The Balaban J connectivity index is 1.51. The zero-order valence-electron chi connectivity index (χ0n) is 12.0. The van der Waals surface area contributed by atoms with Crippen molar-refractivity contribution in [2.45, 2.75) is 50.5 Å². The summed E-state index contributed by atoms with van der Waals surface area (Å²) in [6.45, 7) is 1.79. The van der Waals surface area contributed by atoms with Gasteiger partial charge in [0.05, 0.1) is 17.2 Å². The summed E-state index contributed by atoms with van der Waals surface area (Å²) in [6.07, 6.45) is 8.89. The van der Waals surface area contributed by atoms with E-state index in [0.29, 0.717) is 5.91 Å². The van der Waals surface area contributed by atoms with Crippen molar-refractivity contribution in [2.75, 3.05) is 13.1 Å². The minimum Gasteiger partial charge on any atom is -0.315 e. The third-order valence-corrected chi connectivity index (χ3v) is 6.50. The van der Waals surface area contributed by atoms with Gasteiger partial charge >= 0.3 is 0 Å². The number of fused-ring (bicyclic) bond motifs is 1. The molecule has 2 aliphatic heterocycles. The van der Waals surface area contributed by atoms with Gasteiger partial charge in [-0.2, -0.15) is 5.10 Å². The maximum absolute atomic E-state index is 12.8. The molecular formula is C16H23N3O. The highest BCUT2D eigenvalue weighted by Gasteiger charge is 2.57. The van der Waals surface area contributed by atoms with Crippen molar-refractivity contribution in [1.82, 2.24) is 10.3 Å². The fourth-order valence-electron chi connectivity index (χ4n) is 6.09. The highest BCUT2D eigenvalue weighted by molar-refractivity contribution is 6.09. The summed E-state index contributed by atoms with van der Waals surface area (Å²) >= 11 is 0. The Labute approximate surface area is 120 Å². The standard InChI is InChI=1S/C16H23N3O/c20-15-13-9-17-2-1-14(13)18-19(15)16-6-10-3-11(7-16)5-12(4-10)8-16/h10-13,17H,1-9H2. The molecule has 4 heteroatoms. The summed E-state index contributed by atoms with van der Waals surface area (Å²) in [6, 6.07) is 0. The number of rotatable bonds is 1. The molecule has 108 valence electrons. The van der Waals surface area contributed by atoms with E-state index in [2.05, 4.69) is 5.32 Å². The van der Waals surface area contributed by atoms with Gasteiger partial charge < -0.3 is 5.32 Å². The summed E-state index contributed by atoms with van der Waals surface area (Å²) in [5.74, 6) is 2.96. The van der Waals surface area contributed by atoms with Crippen molar-refractivity contribution < 1.29 is 4.79 Å². The van der Waals surface area contributed by atoms with Crippen LogP contribution >= 0.6 is 0 Å². The summed E-state index contributed by atoms with van der Waals surface area (Å²) < 4.78 is 0. The van der Waals surface area contributed by atoms with E-state index in [0.717, 1.165) is 43.0 Å². The molecule has 4 aliphatic carbocycles. The molecule has 4 nitrogen and oxygen atoms in total. The molecule has 20 heavy (non-hydrogen) atoms. The fraction of sp³-hybridized carbons (Fsp3) is 0.875. The first-order valence-corrected chi connectivity index (χ1v) is 8.36. The van der Waals surface area contributed by atoms with E-state index in [1.165, 1.54) is 38.5 Å². The summed E-state index contributed by atoms with van der Waals surface area (Å²) in [5.41, 5.74) is 1.26. The number of hydrogen-bond acceptors (Lipinski definition) is 3. The second kappa shape index (κ2) is 3.85. The van der Waals surface area contributed by atoms with E-state index in [4.69, 9.17) is 5.10 Å². The Morgan fingerprint density at radius 3 is 2.35 bits per heavy atom. The largest absolute Gasteiger partial charge is 0.315 e. The molecule has 0 radical (unpaired) electrons. The number of piperidine rings is 1. The predicted molar refractivity (Wildman–Crippen MR) is 76.2 cm³/mol. The van der Waals surface area contributed by atoms with E-state index >= 15 is 0 Å². The molecule has 1 unspecified atom stereocenters. The van der Waals surface area contributed by atoms with Gasteiger partial charge in [-0.3, -0.25) is 4.79 Å². The molecule has 6 rings (SSSR count). The number of carbonyl (C=O) groups is 1. The van der Waals surface area contributed by atoms with Crippen LogP contribution in [0.2, 0.25) is 0 Å². The van der Waals surface area contributed by atoms with Gasteiger partial charge in [0.2, 0.25) is 0 Å². The molecule has 0 spiro atoms. The van der Waals surface area contributed by atoms with Crippen molar-refractivity contribution in [1.29, 1.82) is 0 Å². The van der Waals surface area contributed by atoms with Gasteiger partial charge in [0.25, 0.3) is 5.91 Å². The van der Waals surface area contributed by atoms with Crippen LogP contribution in [0.15, 0.2) is 5.10 Å². The van der Waals surface area contributed by atoms with Crippen LogP contribution in [0.1, 0.15) is 44.9 Å². The van der Waals surface area contributed by atoms with Crippen LogP contribution in [0.3, 0.4) is 0 Å². The Morgan fingerprint density at radius 1 is 1.10 bits per heavy atom. The Morgan fingerprint density at radius 2 is 1.75 bits per heavy atom. The lowest BCUT2D eigenvalue weighted by Crippen LogP contribution is -2.59. The van der Waals surface area contributed by atoms with Crippen molar-refractivity contribution >= 4 is 11.6 Å². The number of carbonyl (C=O) groups excluding carboxylic acids is 1. The molecule has 0 aromatic carbocycles. The summed E-state index contributed by atoms with van der Waals surface area (Å²) in [4.78, 5) is 12.8. The van der Waals surface area contributed by atoms with Gasteiger partial charge in [-0.1, -0.05) is 0 Å². The molecule has 1 atom stereocenters. The first-order valence-electron chi connectivity index (χ1n) is 8.36. The third-order valence-electron chi connectivity index (χ3n) is 6.50. The van der Waals surface area contributed by atoms with Crippen LogP contribution in [-0.4, -0.2) is 35.3 Å². The van der Waals surface area contributed by atoms with Gasteiger partial charge in [-0.25, -0.2) is 5.01 Å². The maximum atomic E-state index is 12.8. The topological polar surface area (TPSA) is 44.7 Å². The van der Waals surface area contributed by atoms with Crippen LogP contribution in [0.4, 0.5) is 0 Å². The molecule has 4 saturated carbocycles. The summed E-state index contributed by atoms with van der Waals surface area (Å²) in [7, 11) is 0. The first kappa shape index (κ1) is 11.7. The second-order valence-corrected chi connectivity index (χ2v) is 7.89. The number of nitrogens with zero attached hydrogens (tertiary/aromatic N) is 2. The molecule has 1 amide bonds. The van der Waals surface area contributed by atoms with Gasteiger partial charge in [0, 0.05) is 19.5 Å². The number of hydrazone groups is 1. The summed E-state index contributed by atoms with van der Waals surface area (Å²) in [5, 5.41) is 10.2. The van der Waals surface area contributed by atoms with Crippen molar-refractivity contribution in [3.63, 3.8) is 0 Å². The lowest BCUT2D eigenvalue weighted by atomic mass is 9.52. The normalized spacial score (nSPS) is 49.5. The van der Waals surface area contributed by atoms with Crippen LogP contribution < -0.4 is 5.32 Å². The molecule has 6 aliphatic rings. The van der Waals surface area contributed by atoms with E-state index in [-0.39, 0.29) is 11.5 Å². The lowest BCUT2D eigenvalue weighted by molar-refractivity contribution is -0.150. The van der Waals surface area contributed by atoms with Gasteiger partial charge in [-0.15, -0.1) is 0 Å². The highest BCUT2D eigenvalue weighted by atomic mass is 16.2. The quantitative estimate of drug-likeness (QED) is 0.791. The molecule has 2 heterocycles. The number of nitrogens with one attached hydrogen (secondary N) is 1.